The minimum absolute atomic E-state index is 0.327. The number of carbonyl (C=O) groups is 1. The summed E-state index contributed by atoms with van der Waals surface area (Å²) in [6.07, 6.45) is 0. The molecule has 0 amide bonds. The third-order valence-corrected chi connectivity index (χ3v) is 1.96. The smallest absolute Gasteiger partial charge is 0.354 e. The summed E-state index contributed by atoms with van der Waals surface area (Å²) >= 11 is 0. The molecule has 4 N–H and O–H groups in total. The van der Waals surface area contributed by atoms with Crippen LogP contribution >= 0.6 is 0 Å². The van der Waals surface area contributed by atoms with Crippen molar-refractivity contribution in [1.82, 2.24) is 0 Å². The van der Waals surface area contributed by atoms with Gasteiger partial charge in [0.05, 0.1) is 11.6 Å². The number of para-hydroxylation sites is 1. The Bertz CT molecular complexity index is 386. The zero-order chi connectivity index (χ0) is 11.4. The van der Waals surface area contributed by atoms with Crippen LogP contribution in [0.25, 0.3) is 0 Å². The number of hydrogen-bond acceptors (Lipinski definition) is 2. The number of carboxylic acids is 1. The summed E-state index contributed by atoms with van der Waals surface area (Å²) in [4.78, 5) is 10.7. The lowest BCUT2D eigenvalue weighted by Gasteiger charge is -2.08. The van der Waals surface area contributed by atoms with E-state index in [4.69, 9.17) is 10.5 Å². The van der Waals surface area contributed by atoms with E-state index < -0.39 is 5.97 Å². The molecule has 0 bridgehead atoms. The fourth-order valence-electron chi connectivity index (χ4n) is 1.34. The second kappa shape index (κ2) is 4.70. The lowest BCUT2D eigenvalue weighted by Crippen LogP contribution is -2.83. The van der Waals surface area contributed by atoms with Gasteiger partial charge in [0.25, 0.3) is 0 Å². The van der Waals surface area contributed by atoms with E-state index in [1.807, 2.05) is 31.3 Å². The lowest BCUT2D eigenvalue weighted by atomic mass is 10.1. The van der Waals surface area contributed by atoms with Gasteiger partial charge in [-0.15, -0.1) is 0 Å². The van der Waals surface area contributed by atoms with Crippen LogP contribution in [0.1, 0.15) is 19.4 Å². The third-order valence-electron chi connectivity index (χ3n) is 1.96. The average Bonchev–Trinajstić information content (AvgIpc) is 2.16. The van der Waals surface area contributed by atoms with Gasteiger partial charge in [0.15, 0.2) is 5.71 Å². The molecule has 0 aliphatic carbocycles. The number of hydrogen-bond donors (Lipinski definition) is 3. The first-order valence-corrected chi connectivity index (χ1v) is 4.78. The van der Waals surface area contributed by atoms with Crippen molar-refractivity contribution in [2.75, 3.05) is 0 Å². The maximum Gasteiger partial charge on any atom is 0.354 e. The van der Waals surface area contributed by atoms with Crippen LogP contribution in [-0.2, 0) is 4.79 Å². The predicted octanol–water partition coefficient (Wildman–Crippen LogP) is 0.742. The van der Waals surface area contributed by atoms with E-state index in [0.717, 1.165) is 5.69 Å². The zero-order valence-corrected chi connectivity index (χ0v) is 8.82. The van der Waals surface area contributed by atoms with Crippen LogP contribution in [0.4, 0.5) is 5.69 Å². The topological polar surface area (TPSA) is 77.8 Å². The highest BCUT2D eigenvalue weighted by molar-refractivity contribution is 6.42. The van der Waals surface area contributed by atoms with Crippen LogP contribution in [0, 0.1) is 5.41 Å². The molecule has 0 unspecified atom stereocenters. The average molecular weight is 207 g/mol. The first kappa shape index (κ1) is 11.4. The highest BCUT2D eigenvalue weighted by Gasteiger charge is 2.16. The summed E-state index contributed by atoms with van der Waals surface area (Å²) in [5.41, 5.74) is 0.918. The van der Waals surface area contributed by atoms with Crippen molar-refractivity contribution in [3.63, 3.8) is 0 Å². The van der Waals surface area contributed by atoms with Crippen LogP contribution in [0.3, 0.4) is 0 Å². The second-order valence-corrected chi connectivity index (χ2v) is 3.68. The Hall–Kier alpha value is -1.68. The zero-order valence-electron chi connectivity index (χ0n) is 8.82. The van der Waals surface area contributed by atoms with Gasteiger partial charge in [-0.2, -0.15) is 0 Å². The van der Waals surface area contributed by atoms with Crippen LogP contribution in [0.5, 0.6) is 0 Å². The Balaban J connectivity index is 3.06. The first-order valence-electron chi connectivity index (χ1n) is 4.78. The lowest BCUT2D eigenvalue weighted by molar-refractivity contribution is -0.603. The molecular formula is C11H15N2O2+. The molecule has 0 saturated carbocycles. The Kier molecular flexibility index (Phi) is 3.57. The Morgan fingerprint density at radius 3 is 2.53 bits per heavy atom. The molecule has 0 saturated heterocycles. The van der Waals surface area contributed by atoms with E-state index in [1.54, 1.807) is 12.1 Å². The van der Waals surface area contributed by atoms with Gasteiger partial charge in [0, 0.05) is 0 Å². The van der Waals surface area contributed by atoms with Gasteiger partial charge in [-0.25, -0.2) is 4.79 Å². The Morgan fingerprint density at radius 2 is 2.00 bits per heavy atom. The van der Waals surface area contributed by atoms with E-state index in [1.165, 1.54) is 0 Å². The van der Waals surface area contributed by atoms with Gasteiger partial charge in [-0.05, 0) is 26.0 Å². The molecule has 1 rings (SSSR count). The summed E-state index contributed by atoms with van der Waals surface area (Å²) in [5.74, 6) is -1.19. The molecular weight excluding hydrogens is 192 g/mol. The minimum Gasteiger partial charge on any atom is -0.477 e. The Labute approximate surface area is 88.4 Å². The number of aliphatic carboxylic acids is 1. The van der Waals surface area contributed by atoms with Crippen LogP contribution in [0.15, 0.2) is 24.3 Å². The number of nitrogens with two attached hydrogens (primary N) is 1. The van der Waals surface area contributed by atoms with Gasteiger partial charge in [-0.3, -0.25) is 5.41 Å². The monoisotopic (exact) mass is 207 g/mol. The third kappa shape index (κ3) is 2.89. The molecule has 0 aliphatic rings. The van der Waals surface area contributed by atoms with E-state index >= 15 is 0 Å². The molecule has 1 aromatic carbocycles. The first-order chi connectivity index (χ1) is 7.02. The van der Waals surface area contributed by atoms with Gasteiger partial charge in [-0.1, -0.05) is 12.1 Å². The largest absolute Gasteiger partial charge is 0.477 e. The standard InChI is InChI=1S/C11H14N2O2/c1-7(2)13-9-6-4-3-5-8(9)10(12)11(14)15/h3-7,12-13H,1-2H3,(H,14,15)/p+1. The molecule has 0 radical (unpaired) electrons. The molecule has 0 fully saturated rings. The van der Waals surface area contributed by atoms with E-state index in [-0.39, 0.29) is 5.71 Å². The van der Waals surface area contributed by atoms with Crippen molar-refractivity contribution in [2.24, 2.45) is 0 Å². The molecule has 0 aliphatic heterocycles. The van der Waals surface area contributed by atoms with Crippen molar-refractivity contribution < 1.29 is 15.2 Å². The number of rotatable bonds is 4. The van der Waals surface area contributed by atoms with E-state index in [2.05, 4.69) is 0 Å². The molecule has 0 heterocycles. The van der Waals surface area contributed by atoms with Crippen LogP contribution in [0.2, 0.25) is 0 Å². The van der Waals surface area contributed by atoms with Gasteiger partial charge < -0.3 is 10.4 Å². The molecule has 0 atom stereocenters. The fraction of sp³-hybridized carbons (Fsp3) is 0.273. The van der Waals surface area contributed by atoms with Crippen molar-refractivity contribution in [3.8, 4) is 0 Å². The molecule has 4 nitrogen and oxygen atoms in total. The number of carboxylic acid groups (broad SMARTS) is 1. The van der Waals surface area contributed by atoms with E-state index in [0.29, 0.717) is 11.6 Å². The van der Waals surface area contributed by atoms with Gasteiger partial charge in [0.1, 0.15) is 5.69 Å². The summed E-state index contributed by atoms with van der Waals surface area (Å²) in [6.45, 7) is 4.03. The van der Waals surface area contributed by atoms with Crippen molar-refractivity contribution in [3.05, 3.63) is 29.8 Å². The molecule has 4 heteroatoms. The minimum atomic E-state index is -1.19. The molecule has 1 aromatic rings. The summed E-state index contributed by atoms with van der Waals surface area (Å²) in [6, 6.07) is 7.39. The van der Waals surface area contributed by atoms with E-state index in [9.17, 15) is 4.79 Å². The SMILES string of the molecule is CC(C)[NH2+]c1ccccc1C(=N)C(=O)O. The van der Waals surface area contributed by atoms with Gasteiger partial charge in [0.2, 0.25) is 0 Å². The van der Waals surface area contributed by atoms with Crippen LogP contribution in [-0.4, -0.2) is 22.8 Å². The highest BCUT2D eigenvalue weighted by Crippen LogP contribution is 2.10. The number of nitrogens with one attached hydrogen (secondary N) is 1. The maximum absolute atomic E-state index is 10.7. The van der Waals surface area contributed by atoms with Crippen molar-refractivity contribution in [1.29, 1.82) is 5.41 Å². The summed E-state index contributed by atoms with van der Waals surface area (Å²) in [5, 5.41) is 18.2. The Morgan fingerprint density at radius 1 is 1.40 bits per heavy atom. The maximum atomic E-state index is 10.7. The normalized spacial score (nSPS) is 10.3. The van der Waals surface area contributed by atoms with Crippen LogP contribution < -0.4 is 5.32 Å². The molecule has 15 heavy (non-hydrogen) atoms. The second-order valence-electron chi connectivity index (χ2n) is 3.68. The summed E-state index contributed by atoms with van der Waals surface area (Å²) in [7, 11) is 0. The van der Waals surface area contributed by atoms with Gasteiger partial charge >= 0.3 is 5.97 Å². The molecule has 0 spiro atoms. The summed E-state index contributed by atoms with van der Waals surface area (Å²) < 4.78 is 0. The van der Waals surface area contributed by atoms with Crippen molar-refractivity contribution in [2.45, 2.75) is 19.9 Å². The highest BCUT2D eigenvalue weighted by atomic mass is 16.4. The molecule has 80 valence electrons. The fourth-order valence-corrected chi connectivity index (χ4v) is 1.34. The van der Waals surface area contributed by atoms with Crippen molar-refractivity contribution >= 4 is 17.4 Å². The predicted molar refractivity (Wildman–Crippen MR) is 57.6 cm³/mol. The molecule has 0 aromatic heterocycles. The quantitative estimate of drug-likeness (QED) is 0.503. The number of quaternary nitrogens is 1. The number of benzene rings is 1.